The molecule has 4 radical (unpaired) electrons. The highest BCUT2D eigenvalue weighted by molar-refractivity contribution is 6.15. The lowest BCUT2D eigenvalue weighted by Gasteiger charge is -2.45. The molecule has 0 bridgehead atoms. The fourth-order valence-corrected chi connectivity index (χ4v) is 3.37. The minimum atomic E-state index is -0.0236. The van der Waals surface area contributed by atoms with Gasteiger partial charge in [0.25, 0.3) is 0 Å². The Labute approximate surface area is 108 Å². The van der Waals surface area contributed by atoms with Gasteiger partial charge in [-0.2, -0.15) is 0 Å². The summed E-state index contributed by atoms with van der Waals surface area (Å²) in [7, 11) is 12.0. The van der Waals surface area contributed by atoms with Crippen LogP contribution < -0.4 is 5.32 Å². The molecule has 0 aromatic heterocycles. The summed E-state index contributed by atoms with van der Waals surface area (Å²) in [4.78, 5) is 0. The maximum Gasteiger partial charge on any atom is 0.0749 e. The van der Waals surface area contributed by atoms with Crippen molar-refractivity contribution in [2.75, 3.05) is 19.7 Å². The molecule has 1 heterocycles. The Morgan fingerprint density at radius 3 is 2.59 bits per heavy atom. The molecule has 1 N–H and O–H groups in total. The topological polar surface area (TPSA) is 21.3 Å². The minimum absolute atomic E-state index is 0.0236. The van der Waals surface area contributed by atoms with Gasteiger partial charge in [0.15, 0.2) is 0 Å². The molecule has 0 aromatic rings. The lowest BCUT2D eigenvalue weighted by Crippen LogP contribution is -2.41. The van der Waals surface area contributed by atoms with Crippen LogP contribution in [0.5, 0.6) is 0 Å². The highest BCUT2D eigenvalue weighted by Gasteiger charge is 2.44. The van der Waals surface area contributed by atoms with E-state index >= 15 is 0 Å². The Morgan fingerprint density at radius 2 is 1.88 bits per heavy atom. The number of rotatable bonds is 5. The predicted molar refractivity (Wildman–Crippen MR) is 72.9 cm³/mol. The SMILES string of the molecule is [B]CCNCCC1([B])CCOC2(CCCC2)C1. The van der Waals surface area contributed by atoms with Crippen molar-refractivity contribution in [2.45, 2.75) is 62.2 Å². The van der Waals surface area contributed by atoms with E-state index in [2.05, 4.69) is 5.32 Å². The van der Waals surface area contributed by atoms with Crippen molar-refractivity contribution in [1.29, 1.82) is 0 Å². The van der Waals surface area contributed by atoms with E-state index in [-0.39, 0.29) is 10.9 Å². The van der Waals surface area contributed by atoms with Gasteiger partial charge < -0.3 is 10.1 Å². The van der Waals surface area contributed by atoms with Crippen LogP contribution in [-0.4, -0.2) is 41.0 Å². The second kappa shape index (κ2) is 5.79. The molecule has 1 unspecified atom stereocenters. The summed E-state index contributed by atoms with van der Waals surface area (Å²) in [5.41, 5.74) is 0.126. The Hall–Kier alpha value is 0.0499. The zero-order chi connectivity index (χ0) is 12.2. The van der Waals surface area contributed by atoms with Crippen molar-refractivity contribution in [3.8, 4) is 0 Å². The van der Waals surface area contributed by atoms with Crippen molar-refractivity contribution < 1.29 is 4.74 Å². The second-order valence-electron chi connectivity index (χ2n) is 5.82. The van der Waals surface area contributed by atoms with E-state index in [1.165, 1.54) is 25.7 Å². The third kappa shape index (κ3) is 3.51. The van der Waals surface area contributed by atoms with E-state index < -0.39 is 0 Å². The van der Waals surface area contributed by atoms with E-state index in [0.29, 0.717) is 6.32 Å². The van der Waals surface area contributed by atoms with Gasteiger partial charge in [-0.25, -0.2) is 0 Å². The molecule has 0 aromatic carbocycles. The summed E-state index contributed by atoms with van der Waals surface area (Å²) in [5, 5.41) is 3.32. The summed E-state index contributed by atoms with van der Waals surface area (Å²) in [6.07, 6.45) is 8.82. The van der Waals surface area contributed by atoms with Crippen LogP contribution in [0.3, 0.4) is 0 Å². The Kier molecular flexibility index (Phi) is 4.59. The van der Waals surface area contributed by atoms with Gasteiger partial charge in [0, 0.05) is 6.61 Å². The van der Waals surface area contributed by atoms with Crippen LogP contribution in [-0.2, 0) is 4.74 Å². The van der Waals surface area contributed by atoms with Crippen LogP contribution >= 0.6 is 0 Å². The Balaban J connectivity index is 1.82. The zero-order valence-corrected chi connectivity index (χ0v) is 10.8. The van der Waals surface area contributed by atoms with Gasteiger partial charge in [-0.15, -0.1) is 0 Å². The quantitative estimate of drug-likeness (QED) is 0.577. The molecule has 1 aliphatic heterocycles. The highest BCUT2D eigenvalue weighted by Crippen LogP contribution is 2.50. The molecular formula is C13H23B2NO. The van der Waals surface area contributed by atoms with Gasteiger partial charge in [0.2, 0.25) is 0 Å². The summed E-state index contributed by atoms with van der Waals surface area (Å²) < 4.78 is 6.03. The van der Waals surface area contributed by atoms with E-state index in [1.54, 1.807) is 0 Å². The molecular weight excluding hydrogens is 208 g/mol. The highest BCUT2D eigenvalue weighted by atomic mass is 16.5. The number of nitrogens with one attached hydrogen (secondary N) is 1. The predicted octanol–water partition coefficient (Wildman–Crippen LogP) is 2.00. The van der Waals surface area contributed by atoms with Crippen LogP contribution in [0.1, 0.15) is 44.9 Å². The lowest BCUT2D eigenvalue weighted by atomic mass is 9.58. The van der Waals surface area contributed by atoms with E-state index in [9.17, 15) is 0 Å². The molecule has 4 heteroatoms. The van der Waals surface area contributed by atoms with E-state index in [4.69, 9.17) is 20.4 Å². The van der Waals surface area contributed by atoms with Crippen molar-refractivity contribution >= 4 is 15.7 Å². The molecule has 0 amide bonds. The van der Waals surface area contributed by atoms with Crippen LogP contribution in [0.15, 0.2) is 0 Å². The molecule has 1 saturated heterocycles. The fraction of sp³-hybridized carbons (Fsp3) is 1.00. The van der Waals surface area contributed by atoms with Crippen molar-refractivity contribution in [3.63, 3.8) is 0 Å². The molecule has 2 rings (SSSR count). The standard InChI is InChI=1S/C13H23B2NO/c14-7-9-16-8-5-12(15)6-10-17-13(11-12)3-1-2-4-13/h16H,1-11H2. The van der Waals surface area contributed by atoms with Crippen LogP contribution in [0.4, 0.5) is 0 Å². The third-order valence-electron chi connectivity index (χ3n) is 4.32. The number of hydrogen-bond acceptors (Lipinski definition) is 2. The maximum absolute atomic E-state index is 6.54. The van der Waals surface area contributed by atoms with Crippen LogP contribution in [0, 0.1) is 0 Å². The minimum Gasteiger partial charge on any atom is -0.375 e. The average molecular weight is 231 g/mol. The van der Waals surface area contributed by atoms with Gasteiger partial charge in [-0.1, -0.05) is 24.5 Å². The average Bonchev–Trinajstić information content (AvgIpc) is 2.72. The molecule has 1 atom stereocenters. The first-order chi connectivity index (χ1) is 8.18. The number of hydrogen-bond donors (Lipinski definition) is 1. The molecule has 1 spiro atoms. The van der Waals surface area contributed by atoms with Gasteiger partial charge in [0.1, 0.15) is 0 Å². The van der Waals surface area contributed by atoms with E-state index in [1.807, 2.05) is 0 Å². The van der Waals surface area contributed by atoms with Gasteiger partial charge in [-0.05, 0) is 45.2 Å². The van der Waals surface area contributed by atoms with Crippen molar-refractivity contribution in [3.05, 3.63) is 0 Å². The van der Waals surface area contributed by atoms with Crippen molar-refractivity contribution in [1.82, 2.24) is 5.32 Å². The molecule has 1 aliphatic carbocycles. The van der Waals surface area contributed by atoms with E-state index in [0.717, 1.165) is 39.0 Å². The van der Waals surface area contributed by atoms with Gasteiger partial charge >= 0.3 is 0 Å². The first-order valence-electron chi connectivity index (χ1n) is 7.02. The maximum atomic E-state index is 6.54. The molecule has 17 heavy (non-hydrogen) atoms. The van der Waals surface area contributed by atoms with Gasteiger partial charge in [-0.3, -0.25) is 0 Å². The zero-order valence-electron chi connectivity index (χ0n) is 10.8. The third-order valence-corrected chi connectivity index (χ3v) is 4.32. The van der Waals surface area contributed by atoms with Crippen LogP contribution in [0.2, 0.25) is 11.6 Å². The lowest BCUT2D eigenvalue weighted by molar-refractivity contribution is -0.0890. The fourth-order valence-electron chi connectivity index (χ4n) is 3.37. The van der Waals surface area contributed by atoms with Gasteiger partial charge in [0.05, 0.1) is 21.3 Å². The summed E-state index contributed by atoms with van der Waals surface area (Å²) in [5.74, 6) is 0. The Bertz CT molecular complexity index is 244. The van der Waals surface area contributed by atoms with Crippen LogP contribution in [0.25, 0.3) is 0 Å². The molecule has 2 aliphatic rings. The monoisotopic (exact) mass is 231 g/mol. The molecule has 2 nitrogen and oxygen atoms in total. The Morgan fingerprint density at radius 1 is 1.12 bits per heavy atom. The first-order valence-corrected chi connectivity index (χ1v) is 7.02. The summed E-state index contributed by atoms with van der Waals surface area (Å²) in [6.45, 7) is 2.70. The molecule has 2 fully saturated rings. The number of ether oxygens (including phenoxy) is 1. The summed E-state index contributed by atoms with van der Waals surface area (Å²) in [6, 6.07) is 0. The largest absolute Gasteiger partial charge is 0.375 e. The summed E-state index contributed by atoms with van der Waals surface area (Å²) >= 11 is 0. The smallest absolute Gasteiger partial charge is 0.0749 e. The molecule has 1 saturated carbocycles. The molecule has 92 valence electrons. The second-order valence-corrected chi connectivity index (χ2v) is 5.82. The first kappa shape index (κ1) is 13.5. The normalized spacial score (nSPS) is 32.0. The van der Waals surface area contributed by atoms with Crippen molar-refractivity contribution in [2.24, 2.45) is 0 Å².